The summed E-state index contributed by atoms with van der Waals surface area (Å²) in [6.45, 7) is 14.1. The Labute approximate surface area is 174 Å². The van der Waals surface area contributed by atoms with E-state index in [1.165, 1.54) is 11.3 Å². The van der Waals surface area contributed by atoms with Crippen LogP contribution in [-0.2, 0) is 4.79 Å². The maximum Gasteiger partial charge on any atom is 0.227 e. The van der Waals surface area contributed by atoms with Crippen molar-refractivity contribution in [1.29, 1.82) is 0 Å². The molecule has 0 spiro atoms. The number of carbonyl (C=O) groups is 1. The molecular formula is C24H33N3O2. The van der Waals surface area contributed by atoms with Gasteiger partial charge in [-0.3, -0.25) is 4.79 Å². The first-order valence-corrected chi connectivity index (χ1v) is 10.5. The monoisotopic (exact) mass is 395 g/mol. The normalized spacial score (nSPS) is 14.7. The van der Waals surface area contributed by atoms with Crippen molar-refractivity contribution in [2.45, 2.75) is 34.1 Å². The molecule has 0 radical (unpaired) electrons. The Morgan fingerprint density at radius 3 is 2.41 bits per heavy atom. The van der Waals surface area contributed by atoms with Gasteiger partial charge in [0.15, 0.2) is 0 Å². The molecule has 1 fully saturated rings. The number of rotatable bonds is 7. The van der Waals surface area contributed by atoms with Gasteiger partial charge in [-0.2, -0.15) is 0 Å². The molecule has 1 saturated heterocycles. The lowest BCUT2D eigenvalue weighted by Gasteiger charge is -2.35. The molecule has 0 aromatic heterocycles. The summed E-state index contributed by atoms with van der Waals surface area (Å²) < 4.78 is 5.78. The molecule has 1 N–H and O–H groups in total. The Morgan fingerprint density at radius 2 is 1.76 bits per heavy atom. The van der Waals surface area contributed by atoms with Gasteiger partial charge < -0.3 is 19.9 Å². The van der Waals surface area contributed by atoms with Crippen LogP contribution < -0.4 is 15.0 Å². The minimum atomic E-state index is -0.0258. The van der Waals surface area contributed by atoms with Crippen LogP contribution >= 0.6 is 0 Å². The number of ether oxygens (including phenoxy) is 1. The van der Waals surface area contributed by atoms with Crippen LogP contribution in [0.5, 0.6) is 5.75 Å². The summed E-state index contributed by atoms with van der Waals surface area (Å²) in [5.41, 5.74) is 5.49. The van der Waals surface area contributed by atoms with Crippen molar-refractivity contribution < 1.29 is 9.53 Å². The van der Waals surface area contributed by atoms with Crippen LogP contribution in [0.2, 0.25) is 0 Å². The third-order valence-electron chi connectivity index (χ3n) is 5.59. The summed E-state index contributed by atoms with van der Waals surface area (Å²) in [6.07, 6.45) is 0.327. The van der Waals surface area contributed by atoms with Crippen LogP contribution in [0.15, 0.2) is 36.4 Å². The number of piperazine rings is 1. The lowest BCUT2D eigenvalue weighted by molar-refractivity contribution is -0.116. The second-order valence-electron chi connectivity index (χ2n) is 7.84. The summed E-state index contributed by atoms with van der Waals surface area (Å²) in [7, 11) is 0. The van der Waals surface area contributed by atoms with Gasteiger partial charge in [0.1, 0.15) is 5.75 Å². The molecule has 156 valence electrons. The average Bonchev–Trinajstić information content (AvgIpc) is 2.71. The van der Waals surface area contributed by atoms with Gasteiger partial charge in [0.2, 0.25) is 5.91 Å². The molecule has 5 nitrogen and oxygen atoms in total. The van der Waals surface area contributed by atoms with E-state index in [9.17, 15) is 4.79 Å². The molecule has 1 amide bonds. The van der Waals surface area contributed by atoms with Crippen molar-refractivity contribution in [3.63, 3.8) is 0 Å². The van der Waals surface area contributed by atoms with Crippen LogP contribution in [0, 0.1) is 20.8 Å². The largest absolute Gasteiger partial charge is 0.493 e. The Morgan fingerprint density at radius 1 is 1.00 bits per heavy atom. The van der Waals surface area contributed by atoms with Gasteiger partial charge in [0, 0.05) is 37.6 Å². The second kappa shape index (κ2) is 9.79. The predicted molar refractivity (Wildman–Crippen MR) is 120 cm³/mol. The fraction of sp³-hybridized carbons (Fsp3) is 0.458. The second-order valence-corrected chi connectivity index (χ2v) is 7.84. The summed E-state index contributed by atoms with van der Waals surface area (Å²) in [6, 6.07) is 12.4. The first-order chi connectivity index (χ1) is 14.0. The molecule has 2 aromatic carbocycles. The number of nitrogens with one attached hydrogen (secondary N) is 1. The zero-order valence-electron chi connectivity index (χ0n) is 18.1. The number of nitrogens with zero attached hydrogens (tertiary/aromatic N) is 2. The van der Waals surface area contributed by atoms with Crippen molar-refractivity contribution in [1.82, 2.24) is 4.90 Å². The standard InChI is InChI=1S/C24H33N3O2/c1-5-26-11-13-27(14-12-26)21-7-8-22(19(3)17-21)25-24(28)10-15-29-23-9-6-18(2)16-20(23)4/h6-9,16-17H,5,10-15H2,1-4H3,(H,25,28). The number of likely N-dealkylation sites (N-methyl/N-ethyl adjacent to an activating group) is 1. The number of carbonyl (C=O) groups excluding carboxylic acids is 1. The minimum Gasteiger partial charge on any atom is -0.493 e. The van der Waals surface area contributed by atoms with Crippen molar-refractivity contribution in [2.24, 2.45) is 0 Å². The van der Waals surface area contributed by atoms with Crippen LogP contribution in [0.25, 0.3) is 0 Å². The van der Waals surface area contributed by atoms with E-state index in [1.807, 2.05) is 32.0 Å². The van der Waals surface area contributed by atoms with E-state index in [0.717, 1.165) is 55.3 Å². The molecular weight excluding hydrogens is 362 g/mol. The fourth-order valence-corrected chi connectivity index (χ4v) is 3.73. The van der Waals surface area contributed by atoms with E-state index >= 15 is 0 Å². The molecule has 0 atom stereocenters. The van der Waals surface area contributed by atoms with Crippen LogP contribution in [0.1, 0.15) is 30.0 Å². The molecule has 29 heavy (non-hydrogen) atoms. The molecule has 5 heteroatoms. The van der Waals surface area contributed by atoms with Crippen LogP contribution in [-0.4, -0.2) is 50.1 Å². The van der Waals surface area contributed by atoms with Gasteiger partial charge in [-0.05, 0) is 62.7 Å². The molecule has 1 aliphatic heterocycles. The molecule has 2 aromatic rings. The molecule has 1 aliphatic rings. The van der Waals surface area contributed by atoms with E-state index in [2.05, 4.69) is 47.2 Å². The topological polar surface area (TPSA) is 44.8 Å². The smallest absolute Gasteiger partial charge is 0.227 e. The number of aryl methyl sites for hydroxylation is 3. The van der Waals surface area contributed by atoms with Gasteiger partial charge in [0.05, 0.1) is 13.0 Å². The quantitative estimate of drug-likeness (QED) is 0.765. The number of hydrogen-bond donors (Lipinski definition) is 1. The van der Waals surface area contributed by atoms with E-state index in [1.54, 1.807) is 0 Å². The third-order valence-corrected chi connectivity index (χ3v) is 5.59. The Hall–Kier alpha value is -2.53. The molecule has 0 saturated carbocycles. The maximum atomic E-state index is 12.3. The van der Waals surface area contributed by atoms with Crippen molar-refractivity contribution in [3.8, 4) is 5.75 Å². The highest BCUT2D eigenvalue weighted by Crippen LogP contribution is 2.24. The average molecular weight is 396 g/mol. The van der Waals surface area contributed by atoms with Gasteiger partial charge in [-0.25, -0.2) is 0 Å². The lowest BCUT2D eigenvalue weighted by Crippen LogP contribution is -2.46. The van der Waals surface area contributed by atoms with Gasteiger partial charge in [0.25, 0.3) is 0 Å². The maximum absolute atomic E-state index is 12.3. The fourth-order valence-electron chi connectivity index (χ4n) is 3.73. The highest BCUT2D eigenvalue weighted by Gasteiger charge is 2.16. The number of benzene rings is 2. The molecule has 0 unspecified atom stereocenters. The van der Waals surface area contributed by atoms with Crippen LogP contribution in [0.3, 0.4) is 0 Å². The minimum absolute atomic E-state index is 0.0258. The SMILES string of the molecule is CCN1CCN(c2ccc(NC(=O)CCOc3ccc(C)cc3C)c(C)c2)CC1. The van der Waals surface area contributed by atoms with Gasteiger partial charge in [-0.15, -0.1) is 0 Å². The van der Waals surface area contributed by atoms with E-state index in [0.29, 0.717) is 13.0 Å². The van der Waals surface area contributed by atoms with Crippen molar-refractivity contribution in [2.75, 3.05) is 49.5 Å². The lowest BCUT2D eigenvalue weighted by atomic mass is 10.1. The predicted octanol–water partition coefficient (Wildman–Crippen LogP) is 4.16. The van der Waals surface area contributed by atoms with Crippen molar-refractivity contribution >= 4 is 17.3 Å². The van der Waals surface area contributed by atoms with Crippen molar-refractivity contribution in [3.05, 3.63) is 53.1 Å². The Kier molecular flexibility index (Phi) is 7.15. The Balaban J connectivity index is 1.50. The first-order valence-electron chi connectivity index (χ1n) is 10.5. The zero-order chi connectivity index (χ0) is 20.8. The molecule has 1 heterocycles. The molecule has 0 aliphatic carbocycles. The van der Waals surface area contributed by atoms with E-state index in [4.69, 9.17) is 4.74 Å². The van der Waals surface area contributed by atoms with Gasteiger partial charge in [-0.1, -0.05) is 24.6 Å². The third kappa shape index (κ3) is 5.73. The highest BCUT2D eigenvalue weighted by atomic mass is 16.5. The summed E-state index contributed by atoms with van der Waals surface area (Å²) in [4.78, 5) is 17.2. The number of hydrogen-bond acceptors (Lipinski definition) is 4. The summed E-state index contributed by atoms with van der Waals surface area (Å²) in [5, 5.41) is 3.02. The van der Waals surface area contributed by atoms with E-state index < -0.39 is 0 Å². The summed E-state index contributed by atoms with van der Waals surface area (Å²) in [5.74, 6) is 0.814. The highest BCUT2D eigenvalue weighted by molar-refractivity contribution is 5.91. The summed E-state index contributed by atoms with van der Waals surface area (Å²) >= 11 is 0. The van der Waals surface area contributed by atoms with E-state index in [-0.39, 0.29) is 5.91 Å². The zero-order valence-corrected chi connectivity index (χ0v) is 18.1. The van der Waals surface area contributed by atoms with Gasteiger partial charge >= 0.3 is 0 Å². The van der Waals surface area contributed by atoms with Crippen LogP contribution in [0.4, 0.5) is 11.4 Å². The first kappa shape index (κ1) is 21.2. The number of anilines is 2. The Bertz CT molecular complexity index is 842. The molecule has 0 bridgehead atoms. The number of amides is 1. The molecule has 3 rings (SSSR count).